The average molecular weight is 400 g/mol. The number of benzene rings is 2. The van der Waals surface area contributed by atoms with Crippen molar-refractivity contribution in [3.05, 3.63) is 53.4 Å². The largest absolute Gasteiger partial charge is 0.493 e. The Hall–Kier alpha value is -3.06. The molecule has 144 valence electrons. The number of amides is 1. The van der Waals surface area contributed by atoms with Crippen molar-refractivity contribution in [1.29, 1.82) is 0 Å². The third kappa shape index (κ3) is 3.29. The zero-order valence-electron chi connectivity index (χ0n) is 15.4. The van der Waals surface area contributed by atoms with E-state index in [1.807, 2.05) is 24.3 Å². The number of anilines is 1. The molecule has 1 aromatic heterocycles. The molecule has 1 saturated heterocycles. The molecule has 1 amide bonds. The molecule has 1 atom stereocenters. The summed E-state index contributed by atoms with van der Waals surface area (Å²) >= 11 is 5.93. The van der Waals surface area contributed by atoms with Gasteiger partial charge in [-0.2, -0.15) is 4.98 Å². The lowest BCUT2D eigenvalue weighted by atomic mass is 10.1. The SMILES string of the molecule is COc1cccc(-c2noc([C@H]3CC(=O)N(c4ccc(Cl)cc4)C3)n2)c1OC. The molecule has 0 saturated carbocycles. The van der Waals surface area contributed by atoms with E-state index in [0.717, 1.165) is 5.69 Å². The highest BCUT2D eigenvalue weighted by atomic mass is 35.5. The maximum atomic E-state index is 12.5. The number of aromatic nitrogens is 2. The average Bonchev–Trinajstić information content (AvgIpc) is 3.35. The van der Waals surface area contributed by atoms with Gasteiger partial charge in [0.1, 0.15) is 0 Å². The Labute approximate surface area is 166 Å². The summed E-state index contributed by atoms with van der Waals surface area (Å²) in [5.74, 6) is 1.75. The van der Waals surface area contributed by atoms with Crippen LogP contribution in [-0.4, -0.2) is 36.8 Å². The fourth-order valence-electron chi connectivity index (χ4n) is 3.32. The van der Waals surface area contributed by atoms with Gasteiger partial charge < -0.3 is 18.9 Å². The fraction of sp³-hybridized carbons (Fsp3) is 0.250. The van der Waals surface area contributed by atoms with Crippen molar-refractivity contribution in [2.75, 3.05) is 25.7 Å². The smallest absolute Gasteiger partial charge is 0.232 e. The highest BCUT2D eigenvalue weighted by Gasteiger charge is 2.35. The Kier molecular flexibility index (Phi) is 4.92. The molecule has 8 heteroatoms. The summed E-state index contributed by atoms with van der Waals surface area (Å²) in [5, 5.41) is 4.71. The number of para-hydroxylation sites is 1. The Morgan fingerprint density at radius 2 is 1.93 bits per heavy atom. The third-order valence-electron chi connectivity index (χ3n) is 4.70. The van der Waals surface area contributed by atoms with Crippen molar-refractivity contribution in [1.82, 2.24) is 10.1 Å². The van der Waals surface area contributed by atoms with Crippen LogP contribution in [0.4, 0.5) is 5.69 Å². The lowest BCUT2D eigenvalue weighted by molar-refractivity contribution is -0.117. The number of hydrogen-bond donors (Lipinski definition) is 0. The van der Waals surface area contributed by atoms with Crippen molar-refractivity contribution in [3.63, 3.8) is 0 Å². The molecule has 1 aliphatic rings. The van der Waals surface area contributed by atoms with Crippen LogP contribution in [0.2, 0.25) is 5.02 Å². The maximum absolute atomic E-state index is 12.5. The summed E-state index contributed by atoms with van der Waals surface area (Å²) < 4.78 is 16.2. The van der Waals surface area contributed by atoms with Crippen molar-refractivity contribution < 1.29 is 18.8 Å². The number of halogens is 1. The number of rotatable bonds is 5. The molecule has 1 fully saturated rings. The number of ether oxygens (including phenoxy) is 2. The molecule has 2 heterocycles. The highest BCUT2D eigenvalue weighted by Crippen LogP contribution is 2.38. The quantitative estimate of drug-likeness (QED) is 0.647. The van der Waals surface area contributed by atoms with Crippen LogP contribution in [0.3, 0.4) is 0 Å². The minimum Gasteiger partial charge on any atom is -0.493 e. The van der Waals surface area contributed by atoms with Gasteiger partial charge in [0.15, 0.2) is 11.5 Å². The van der Waals surface area contributed by atoms with E-state index in [1.54, 1.807) is 37.3 Å². The summed E-state index contributed by atoms with van der Waals surface area (Å²) in [6.45, 7) is 0.470. The van der Waals surface area contributed by atoms with E-state index in [9.17, 15) is 4.79 Å². The lowest BCUT2D eigenvalue weighted by Crippen LogP contribution is -2.24. The van der Waals surface area contributed by atoms with E-state index < -0.39 is 0 Å². The van der Waals surface area contributed by atoms with Crippen molar-refractivity contribution in [2.24, 2.45) is 0 Å². The Bertz CT molecular complexity index is 1000. The molecular weight excluding hydrogens is 382 g/mol. The normalized spacial score (nSPS) is 16.5. The third-order valence-corrected chi connectivity index (χ3v) is 4.95. The van der Waals surface area contributed by atoms with Gasteiger partial charge in [-0.15, -0.1) is 0 Å². The molecule has 0 N–H and O–H groups in total. The van der Waals surface area contributed by atoms with Crippen LogP contribution in [0.15, 0.2) is 47.0 Å². The van der Waals surface area contributed by atoms with Crippen LogP contribution in [0.25, 0.3) is 11.4 Å². The van der Waals surface area contributed by atoms with Crippen LogP contribution >= 0.6 is 11.6 Å². The second-order valence-corrected chi connectivity index (χ2v) is 6.82. The molecule has 28 heavy (non-hydrogen) atoms. The van der Waals surface area contributed by atoms with Gasteiger partial charge in [-0.3, -0.25) is 4.79 Å². The van der Waals surface area contributed by atoms with E-state index in [0.29, 0.717) is 46.8 Å². The van der Waals surface area contributed by atoms with Gasteiger partial charge in [0.2, 0.25) is 17.6 Å². The molecule has 0 radical (unpaired) electrons. The number of hydrogen-bond acceptors (Lipinski definition) is 6. The van der Waals surface area contributed by atoms with Gasteiger partial charge in [-0.25, -0.2) is 0 Å². The molecule has 4 rings (SSSR count). The monoisotopic (exact) mass is 399 g/mol. The number of carbonyl (C=O) groups excluding carboxylic acids is 1. The summed E-state index contributed by atoms with van der Waals surface area (Å²) in [6, 6.07) is 12.6. The molecule has 0 unspecified atom stereocenters. The first kappa shape index (κ1) is 18.3. The molecule has 1 aliphatic heterocycles. The number of methoxy groups -OCH3 is 2. The van der Waals surface area contributed by atoms with Crippen molar-refractivity contribution in [3.8, 4) is 22.9 Å². The van der Waals surface area contributed by atoms with Crippen LogP contribution in [0, 0.1) is 0 Å². The zero-order valence-corrected chi connectivity index (χ0v) is 16.1. The first-order valence-corrected chi connectivity index (χ1v) is 9.09. The van der Waals surface area contributed by atoms with Crippen LogP contribution < -0.4 is 14.4 Å². The van der Waals surface area contributed by atoms with Gasteiger partial charge >= 0.3 is 0 Å². The molecular formula is C20H18ClN3O4. The fourth-order valence-corrected chi connectivity index (χ4v) is 3.44. The summed E-state index contributed by atoms with van der Waals surface area (Å²) in [7, 11) is 3.13. The topological polar surface area (TPSA) is 77.7 Å². The number of carbonyl (C=O) groups is 1. The maximum Gasteiger partial charge on any atom is 0.232 e. The zero-order chi connectivity index (χ0) is 19.7. The second-order valence-electron chi connectivity index (χ2n) is 6.38. The summed E-state index contributed by atoms with van der Waals surface area (Å²) in [6.07, 6.45) is 0.305. The Morgan fingerprint density at radius 1 is 1.14 bits per heavy atom. The number of nitrogens with zero attached hydrogens (tertiary/aromatic N) is 3. The predicted molar refractivity (Wildman–Crippen MR) is 104 cm³/mol. The van der Waals surface area contributed by atoms with E-state index in [1.165, 1.54) is 0 Å². The van der Waals surface area contributed by atoms with E-state index in [2.05, 4.69) is 10.1 Å². The van der Waals surface area contributed by atoms with E-state index in [-0.39, 0.29) is 11.8 Å². The molecule has 2 aromatic carbocycles. The Morgan fingerprint density at radius 3 is 2.64 bits per heavy atom. The minimum absolute atomic E-state index is 0.00559. The minimum atomic E-state index is -0.180. The van der Waals surface area contributed by atoms with Gasteiger partial charge in [0.05, 0.1) is 25.7 Å². The molecule has 0 aliphatic carbocycles. The van der Waals surface area contributed by atoms with E-state index >= 15 is 0 Å². The van der Waals surface area contributed by atoms with Crippen molar-refractivity contribution in [2.45, 2.75) is 12.3 Å². The first-order chi connectivity index (χ1) is 13.6. The van der Waals surface area contributed by atoms with E-state index in [4.69, 9.17) is 25.6 Å². The van der Waals surface area contributed by atoms with Crippen LogP contribution in [0.5, 0.6) is 11.5 Å². The van der Waals surface area contributed by atoms with Crippen LogP contribution in [-0.2, 0) is 4.79 Å². The van der Waals surface area contributed by atoms with Crippen molar-refractivity contribution >= 4 is 23.2 Å². The van der Waals surface area contributed by atoms with Gasteiger partial charge in [0, 0.05) is 23.7 Å². The second kappa shape index (κ2) is 7.52. The van der Waals surface area contributed by atoms with Gasteiger partial charge in [-0.1, -0.05) is 22.8 Å². The molecule has 3 aromatic rings. The molecule has 0 bridgehead atoms. The first-order valence-electron chi connectivity index (χ1n) is 8.71. The standard InChI is InChI=1S/C20H18ClN3O4/c1-26-16-5-3-4-15(18(16)27-2)19-22-20(28-23-19)12-10-17(25)24(11-12)14-8-6-13(21)7-9-14/h3-9,12H,10-11H2,1-2H3/t12-/m0/s1. The summed E-state index contributed by atoms with van der Waals surface area (Å²) in [5.41, 5.74) is 1.46. The Balaban J connectivity index is 1.59. The van der Waals surface area contributed by atoms with Crippen LogP contribution in [0.1, 0.15) is 18.2 Å². The summed E-state index contributed by atoms with van der Waals surface area (Å²) in [4.78, 5) is 18.7. The van der Waals surface area contributed by atoms with Gasteiger partial charge in [-0.05, 0) is 36.4 Å². The molecule has 7 nitrogen and oxygen atoms in total. The highest BCUT2D eigenvalue weighted by molar-refractivity contribution is 6.30. The lowest BCUT2D eigenvalue weighted by Gasteiger charge is -2.15. The predicted octanol–water partition coefficient (Wildman–Crippen LogP) is 3.93. The molecule has 0 spiro atoms. The van der Waals surface area contributed by atoms with Gasteiger partial charge in [0.25, 0.3) is 0 Å².